The number of fused-ring (bicyclic) bond motifs is 1. The van der Waals surface area contributed by atoms with Crippen LogP contribution in [0, 0.1) is 11.6 Å². The number of imidazole rings is 1. The number of benzene rings is 2. The second kappa shape index (κ2) is 4.80. The van der Waals surface area contributed by atoms with Crippen molar-refractivity contribution in [2.75, 3.05) is 6.61 Å². The van der Waals surface area contributed by atoms with E-state index >= 15 is 8.78 Å². The predicted octanol–water partition coefficient (Wildman–Crippen LogP) is 3.87. The van der Waals surface area contributed by atoms with Crippen LogP contribution in [0.2, 0.25) is 0 Å². The number of halogens is 4. The number of aryl methyl sites for hydroxylation is 1. The average Bonchev–Trinajstić information content (AvgIpc) is 3.28. The molecule has 4 rings (SSSR count). The highest BCUT2D eigenvalue weighted by Gasteiger charge is 2.69. The number of ether oxygens (including phenoxy) is 1. The standard InChI is InChI=1S/C17H12F4N2O/c1-23-14-5-3-2-4-13(14)22-15(23)17(20,21)16(9-24-16)11-7-6-10(18)8-12(11)19/h2-8H,9H2,1H3. The zero-order valence-corrected chi connectivity index (χ0v) is 12.6. The van der Waals surface area contributed by atoms with E-state index in [0.717, 1.165) is 12.1 Å². The third-order valence-electron chi connectivity index (χ3n) is 4.37. The fourth-order valence-electron chi connectivity index (χ4n) is 3.00. The topological polar surface area (TPSA) is 30.4 Å². The Morgan fingerprint density at radius 3 is 2.50 bits per heavy atom. The van der Waals surface area contributed by atoms with E-state index in [0.29, 0.717) is 17.1 Å². The summed E-state index contributed by atoms with van der Waals surface area (Å²) in [5.74, 6) is -6.01. The van der Waals surface area contributed by atoms with Crippen LogP contribution in [0.4, 0.5) is 17.6 Å². The number of aromatic nitrogens is 2. The van der Waals surface area contributed by atoms with Gasteiger partial charge in [0.05, 0.1) is 17.6 Å². The molecule has 24 heavy (non-hydrogen) atoms. The third kappa shape index (κ3) is 1.91. The van der Waals surface area contributed by atoms with E-state index in [4.69, 9.17) is 4.74 Å². The van der Waals surface area contributed by atoms with Gasteiger partial charge in [-0.1, -0.05) is 12.1 Å². The number of alkyl halides is 2. The fourth-order valence-corrected chi connectivity index (χ4v) is 3.00. The summed E-state index contributed by atoms with van der Waals surface area (Å²) in [5.41, 5.74) is -1.60. The Kier molecular flexibility index (Phi) is 3.02. The molecule has 1 unspecified atom stereocenters. The lowest BCUT2D eigenvalue weighted by molar-refractivity contribution is -0.0954. The fraction of sp³-hybridized carbons (Fsp3) is 0.235. The summed E-state index contributed by atoms with van der Waals surface area (Å²) >= 11 is 0. The molecule has 0 amide bonds. The van der Waals surface area contributed by atoms with Crippen molar-refractivity contribution in [1.29, 1.82) is 0 Å². The van der Waals surface area contributed by atoms with Crippen LogP contribution in [0.3, 0.4) is 0 Å². The molecule has 1 aliphatic rings. The molecule has 3 aromatic rings. The SMILES string of the molecule is Cn1c(C(F)(F)C2(c3ccc(F)cc3F)CO2)nc2ccccc21. The van der Waals surface area contributed by atoms with Crippen molar-refractivity contribution >= 4 is 11.0 Å². The van der Waals surface area contributed by atoms with Crippen molar-refractivity contribution in [3.63, 3.8) is 0 Å². The molecule has 2 heterocycles. The quantitative estimate of drug-likeness (QED) is 0.537. The Bertz CT molecular complexity index is 947. The Morgan fingerprint density at radius 1 is 1.17 bits per heavy atom. The van der Waals surface area contributed by atoms with Gasteiger partial charge >= 0.3 is 5.92 Å². The average molecular weight is 336 g/mol. The molecular weight excluding hydrogens is 324 g/mol. The van der Waals surface area contributed by atoms with Crippen molar-refractivity contribution < 1.29 is 22.3 Å². The maximum atomic E-state index is 15.2. The number of rotatable bonds is 3. The Morgan fingerprint density at radius 2 is 1.88 bits per heavy atom. The van der Waals surface area contributed by atoms with Crippen molar-refractivity contribution in [3.8, 4) is 0 Å². The zero-order chi connectivity index (χ0) is 17.1. The smallest absolute Gasteiger partial charge is 0.339 e. The normalized spacial score (nSPS) is 20.5. The van der Waals surface area contributed by atoms with Gasteiger partial charge in [0, 0.05) is 18.7 Å². The van der Waals surface area contributed by atoms with Gasteiger partial charge in [0.2, 0.25) is 0 Å². The molecule has 1 aromatic heterocycles. The highest BCUT2D eigenvalue weighted by atomic mass is 19.3. The molecule has 1 atom stereocenters. The lowest BCUT2D eigenvalue weighted by Gasteiger charge is -2.24. The van der Waals surface area contributed by atoms with Crippen LogP contribution in [-0.2, 0) is 23.3 Å². The summed E-state index contributed by atoms with van der Waals surface area (Å²) in [7, 11) is 1.47. The number of epoxide rings is 1. The van der Waals surface area contributed by atoms with Crippen LogP contribution in [0.5, 0.6) is 0 Å². The molecule has 3 nitrogen and oxygen atoms in total. The van der Waals surface area contributed by atoms with Gasteiger partial charge in [-0.2, -0.15) is 8.78 Å². The van der Waals surface area contributed by atoms with Crippen molar-refractivity contribution in [2.45, 2.75) is 11.5 Å². The van der Waals surface area contributed by atoms with Gasteiger partial charge in [-0.05, 0) is 24.3 Å². The summed E-state index contributed by atoms with van der Waals surface area (Å²) in [4.78, 5) is 4.00. The first-order valence-corrected chi connectivity index (χ1v) is 7.26. The molecule has 0 saturated carbocycles. The van der Waals surface area contributed by atoms with E-state index < -0.39 is 29.0 Å². The van der Waals surface area contributed by atoms with Crippen LogP contribution in [0.1, 0.15) is 11.4 Å². The Hall–Kier alpha value is -2.41. The second-order valence-corrected chi connectivity index (χ2v) is 5.80. The molecule has 0 aliphatic carbocycles. The summed E-state index contributed by atoms with van der Waals surface area (Å²) in [6.07, 6.45) is 0. The number of nitrogens with zero attached hydrogens (tertiary/aromatic N) is 2. The van der Waals surface area contributed by atoms with Gasteiger partial charge in [0.1, 0.15) is 11.6 Å². The van der Waals surface area contributed by atoms with Gasteiger partial charge in [-0.25, -0.2) is 13.8 Å². The van der Waals surface area contributed by atoms with E-state index in [1.807, 2.05) is 0 Å². The first kappa shape index (κ1) is 15.1. The molecule has 1 saturated heterocycles. The van der Waals surface area contributed by atoms with Gasteiger partial charge in [0.15, 0.2) is 11.4 Å². The van der Waals surface area contributed by atoms with E-state index in [-0.39, 0.29) is 12.2 Å². The third-order valence-corrected chi connectivity index (χ3v) is 4.37. The first-order valence-electron chi connectivity index (χ1n) is 7.26. The van der Waals surface area contributed by atoms with Crippen LogP contribution in [-0.4, -0.2) is 16.2 Å². The summed E-state index contributed by atoms with van der Waals surface area (Å²) in [6.45, 7) is -0.369. The van der Waals surface area contributed by atoms with E-state index in [9.17, 15) is 8.78 Å². The van der Waals surface area contributed by atoms with Crippen LogP contribution >= 0.6 is 0 Å². The van der Waals surface area contributed by atoms with Gasteiger partial charge in [-0.3, -0.25) is 0 Å². The minimum atomic E-state index is -3.58. The van der Waals surface area contributed by atoms with Crippen LogP contribution < -0.4 is 0 Å². The predicted molar refractivity (Wildman–Crippen MR) is 78.6 cm³/mol. The lowest BCUT2D eigenvalue weighted by Crippen LogP contribution is -2.36. The highest BCUT2D eigenvalue weighted by molar-refractivity contribution is 5.76. The molecule has 7 heteroatoms. The lowest BCUT2D eigenvalue weighted by atomic mass is 9.92. The van der Waals surface area contributed by atoms with E-state index in [1.54, 1.807) is 24.3 Å². The maximum absolute atomic E-state index is 15.2. The summed E-state index contributed by atoms with van der Waals surface area (Å²) in [6, 6.07) is 9.20. The zero-order valence-electron chi connectivity index (χ0n) is 12.6. The van der Waals surface area contributed by atoms with E-state index in [2.05, 4.69) is 4.98 Å². The minimum Gasteiger partial charge on any atom is -0.357 e. The van der Waals surface area contributed by atoms with Gasteiger partial charge in [-0.15, -0.1) is 0 Å². The Balaban J connectivity index is 1.88. The molecule has 2 aromatic carbocycles. The highest BCUT2D eigenvalue weighted by Crippen LogP contribution is 2.56. The van der Waals surface area contributed by atoms with Crippen molar-refractivity contribution in [1.82, 2.24) is 9.55 Å². The maximum Gasteiger partial charge on any atom is 0.339 e. The molecule has 1 fully saturated rings. The monoisotopic (exact) mass is 336 g/mol. The van der Waals surface area contributed by atoms with Gasteiger partial charge < -0.3 is 9.30 Å². The van der Waals surface area contributed by atoms with Gasteiger partial charge in [0.25, 0.3) is 0 Å². The molecule has 124 valence electrons. The largest absolute Gasteiger partial charge is 0.357 e. The van der Waals surface area contributed by atoms with Crippen molar-refractivity contribution in [2.24, 2.45) is 7.05 Å². The molecule has 1 aliphatic heterocycles. The number of hydrogen-bond acceptors (Lipinski definition) is 2. The molecule has 0 radical (unpaired) electrons. The van der Waals surface area contributed by atoms with Crippen LogP contribution in [0.25, 0.3) is 11.0 Å². The number of hydrogen-bond donors (Lipinski definition) is 0. The molecule has 0 spiro atoms. The molecular formula is C17H12F4N2O. The summed E-state index contributed by atoms with van der Waals surface area (Å²) < 4.78 is 63.8. The van der Waals surface area contributed by atoms with Crippen LogP contribution in [0.15, 0.2) is 42.5 Å². The molecule has 0 bridgehead atoms. The van der Waals surface area contributed by atoms with Crippen molar-refractivity contribution in [3.05, 3.63) is 65.5 Å². The first-order chi connectivity index (χ1) is 11.4. The Labute approximate surface area is 134 Å². The minimum absolute atomic E-state index is 0.369. The van der Waals surface area contributed by atoms with E-state index in [1.165, 1.54) is 11.6 Å². The summed E-state index contributed by atoms with van der Waals surface area (Å²) in [5, 5.41) is 0. The second-order valence-electron chi connectivity index (χ2n) is 5.80. The molecule has 0 N–H and O–H groups in total. The number of para-hydroxylation sites is 2.